The standard InChI is InChI=1S/C15H18Br2N2OS/c1-19(2)7-8-20-12-5-3-11(4-6-12)18-10-13-9-14(16)15(17)21-13/h3-6,9,18H,7-8,10H2,1-2H3. The Morgan fingerprint density at radius 1 is 1.19 bits per heavy atom. The maximum atomic E-state index is 5.67. The zero-order chi connectivity index (χ0) is 15.2. The highest BCUT2D eigenvalue weighted by molar-refractivity contribution is 9.13. The van der Waals surface area contributed by atoms with Crippen LogP contribution in [0.5, 0.6) is 5.75 Å². The molecule has 3 nitrogen and oxygen atoms in total. The van der Waals surface area contributed by atoms with Gasteiger partial charge in [0.2, 0.25) is 0 Å². The molecule has 1 heterocycles. The van der Waals surface area contributed by atoms with E-state index >= 15 is 0 Å². The summed E-state index contributed by atoms with van der Waals surface area (Å²) in [5.74, 6) is 0.906. The van der Waals surface area contributed by atoms with Crippen molar-refractivity contribution < 1.29 is 4.74 Å². The topological polar surface area (TPSA) is 24.5 Å². The predicted molar refractivity (Wildman–Crippen MR) is 97.5 cm³/mol. The van der Waals surface area contributed by atoms with E-state index < -0.39 is 0 Å². The highest BCUT2D eigenvalue weighted by atomic mass is 79.9. The summed E-state index contributed by atoms with van der Waals surface area (Å²) in [6.45, 7) is 2.44. The minimum atomic E-state index is 0.705. The van der Waals surface area contributed by atoms with Gasteiger partial charge >= 0.3 is 0 Å². The van der Waals surface area contributed by atoms with Crippen molar-refractivity contribution in [2.24, 2.45) is 0 Å². The lowest BCUT2D eigenvalue weighted by atomic mass is 10.3. The summed E-state index contributed by atoms with van der Waals surface area (Å²) < 4.78 is 7.91. The van der Waals surface area contributed by atoms with Gasteiger partial charge in [0, 0.05) is 28.1 Å². The molecular formula is C15H18Br2N2OS. The van der Waals surface area contributed by atoms with E-state index in [0.29, 0.717) is 6.61 Å². The average molecular weight is 434 g/mol. The summed E-state index contributed by atoms with van der Waals surface area (Å²) in [5, 5.41) is 3.41. The Morgan fingerprint density at radius 2 is 1.90 bits per heavy atom. The second-order valence-corrected chi connectivity index (χ2v) is 8.17. The number of nitrogens with zero attached hydrogens (tertiary/aromatic N) is 1. The third kappa shape index (κ3) is 5.62. The van der Waals surface area contributed by atoms with Gasteiger partial charge in [0.25, 0.3) is 0 Å². The van der Waals surface area contributed by atoms with E-state index in [-0.39, 0.29) is 0 Å². The molecule has 0 saturated heterocycles. The summed E-state index contributed by atoms with van der Waals surface area (Å²) in [5.41, 5.74) is 1.09. The van der Waals surface area contributed by atoms with E-state index in [1.54, 1.807) is 11.3 Å². The van der Waals surface area contributed by atoms with Gasteiger partial charge in [0.05, 0.1) is 3.79 Å². The first-order chi connectivity index (χ1) is 10.0. The van der Waals surface area contributed by atoms with Gasteiger partial charge in [-0.1, -0.05) is 0 Å². The van der Waals surface area contributed by atoms with Crippen LogP contribution in [0, 0.1) is 0 Å². The van der Waals surface area contributed by atoms with Gasteiger partial charge in [0.1, 0.15) is 12.4 Å². The first-order valence-electron chi connectivity index (χ1n) is 6.60. The van der Waals surface area contributed by atoms with Crippen molar-refractivity contribution in [3.63, 3.8) is 0 Å². The number of rotatable bonds is 7. The van der Waals surface area contributed by atoms with Crippen LogP contribution in [0.3, 0.4) is 0 Å². The molecule has 0 aliphatic carbocycles. The summed E-state index contributed by atoms with van der Waals surface area (Å²) in [7, 11) is 4.08. The number of nitrogens with one attached hydrogen (secondary N) is 1. The maximum Gasteiger partial charge on any atom is 0.119 e. The molecule has 0 aliphatic rings. The van der Waals surface area contributed by atoms with Gasteiger partial charge < -0.3 is 15.0 Å². The van der Waals surface area contributed by atoms with Crippen LogP contribution >= 0.6 is 43.2 Å². The molecule has 1 aromatic heterocycles. The van der Waals surface area contributed by atoms with Crippen molar-refractivity contribution in [2.45, 2.75) is 6.54 Å². The van der Waals surface area contributed by atoms with Crippen LogP contribution in [0.15, 0.2) is 38.6 Å². The monoisotopic (exact) mass is 432 g/mol. The molecule has 0 atom stereocenters. The number of anilines is 1. The van der Waals surface area contributed by atoms with E-state index in [0.717, 1.165) is 32.8 Å². The first kappa shape index (κ1) is 16.8. The van der Waals surface area contributed by atoms with E-state index in [1.165, 1.54) is 4.88 Å². The quantitative estimate of drug-likeness (QED) is 0.676. The van der Waals surface area contributed by atoms with Crippen molar-refractivity contribution >= 4 is 48.9 Å². The van der Waals surface area contributed by atoms with Crippen molar-refractivity contribution in [1.29, 1.82) is 0 Å². The van der Waals surface area contributed by atoms with E-state index in [2.05, 4.69) is 48.1 Å². The predicted octanol–water partition coefficient (Wildman–Crippen LogP) is 4.83. The number of likely N-dealkylation sites (N-methyl/N-ethyl adjacent to an activating group) is 1. The molecule has 21 heavy (non-hydrogen) atoms. The zero-order valence-electron chi connectivity index (χ0n) is 12.0. The molecule has 0 bridgehead atoms. The van der Waals surface area contributed by atoms with Crippen LogP contribution in [0.1, 0.15) is 4.88 Å². The normalized spacial score (nSPS) is 10.9. The minimum absolute atomic E-state index is 0.705. The van der Waals surface area contributed by atoms with E-state index in [9.17, 15) is 0 Å². The van der Waals surface area contributed by atoms with Crippen LogP contribution in [0.25, 0.3) is 0 Å². The van der Waals surface area contributed by atoms with Gasteiger partial charge in [-0.25, -0.2) is 0 Å². The Morgan fingerprint density at radius 3 is 2.48 bits per heavy atom. The highest BCUT2D eigenvalue weighted by Gasteiger charge is 2.04. The van der Waals surface area contributed by atoms with Crippen LogP contribution in [-0.4, -0.2) is 32.1 Å². The fraction of sp³-hybridized carbons (Fsp3) is 0.333. The third-order valence-electron chi connectivity index (χ3n) is 2.82. The number of thiophene rings is 1. The molecule has 114 valence electrons. The molecule has 1 aromatic carbocycles. The molecule has 0 saturated carbocycles. The Bertz CT molecular complexity index is 550. The zero-order valence-corrected chi connectivity index (χ0v) is 16.0. The Labute approximate surface area is 146 Å². The molecule has 6 heteroatoms. The second kappa shape index (κ2) is 8.17. The fourth-order valence-corrected chi connectivity index (χ4v) is 3.80. The van der Waals surface area contributed by atoms with Gasteiger partial charge in [-0.2, -0.15) is 0 Å². The van der Waals surface area contributed by atoms with Crippen molar-refractivity contribution in [1.82, 2.24) is 4.90 Å². The molecule has 0 aliphatic heterocycles. The number of hydrogen-bond acceptors (Lipinski definition) is 4. The van der Waals surface area contributed by atoms with Crippen LogP contribution < -0.4 is 10.1 Å². The summed E-state index contributed by atoms with van der Waals surface area (Å²) in [6, 6.07) is 10.2. The van der Waals surface area contributed by atoms with Crippen LogP contribution in [0.4, 0.5) is 5.69 Å². The third-order valence-corrected chi connectivity index (χ3v) is 6.08. The smallest absolute Gasteiger partial charge is 0.119 e. The van der Waals surface area contributed by atoms with Gasteiger partial charge in [-0.15, -0.1) is 11.3 Å². The van der Waals surface area contributed by atoms with Crippen LogP contribution in [0.2, 0.25) is 0 Å². The summed E-state index contributed by atoms with van der Waals surface area (Å²) in [4.78, 5) is 3.38. The molecule has 2 rings (SSSR count). The lowest BCUT2D eigenvalue weighted by Gasteiger charge is -2.11. The van der Waals surface area contributed by atoms with Gasteiger partial charge in [-0.05, 0) is 76.3 Å². The minimum Gasteiger partial charge on any atom is -0.492 e. The van der Waals surface area contributed by atoms with Gasteiger partial charge in [-0.3, -0.25) is 0 Å². The maximum absolute atomic E-state index is 5.67. The van der Waals surface area contributed by atoms with E-state index in [1.807, 2.05) is 38.4 Å². The van der Waals surface area contributed by atoms with Gasteiger partial charge in [0.15, 0.2) is 0 Å². The molecule has 0 fully saturated rings. The second-order valence-electron chi connectivity index (χ2n) is 4.86. The van der Waals surface area contributed by atoms with Crippen molar-refractivity contribution in [3.05, 3.63) is 43.5 Å². The molecular weight excluding hydrogens is 416 g/mol. The molecule has 1 N–H and O–H groups in total. The number of benzene rings is 1. The lowest BCUT2D eigenvalue weighted by Crippen LogP contribution is -2.19. The highest BCUT2D eigenvalue weighted by Crippen LogP contribution is 2.32. The number of halogens is 2. The largest absolute Gasteiger partial charge is 0.492 e. The Kier molecular flexibility index (Phi) is 6.54. The molecule has 0 spiro atoms. The first-order valence-corrected chi connectivity index (χ1v) is 9.00. The number of ether oxygens (including phenoxy) is 1. The molecule has 0 amide bonds. The van der Waals surface area contributed by atoms with Crippen molar-refractivity contribution in [3.8, 4) is 5.75 Å². The Balaban J connectivity index is 1.82. The summed E-state index contributed by atoms with van der Waals surface area (Å²) >= 11 is 8.74. The SMILES string of the molecule is CN(C)CCOc1ccc(NCc2cc(Br)c(Br)s2)cc1. The van der Waals surface area contributed by atoms with Crippen LogP contribution in [-0.2, 0) is 6.54 Å². The summed E-state index contributed by atoms with van der Waals surface area (Å²) in [6.07, 6.45) is 0. The Hall–Kier alpha value is -0.560. The van der Waals surface area contributed by atoms with E-state index in [4.69, 9.17) is 4.74 Å². The number of hydrogen-bond donors (Lipinski definition) is 1. The molecule has 0 unspecified atom stereocenters. The van der Waals surface area contributed by atoms with Crippen molar-refractivity contribution in [2.75, 3.05) is 32.6 Å². The molecule has 0 radical (unpaired) electrons. The fourth-order valence-electron chi connectivity index (χ4n) is 1.68. The lowest BCUT2D eigenvalue weighted by molar-refractivity contribution is 0.261. The average Bonchev–Trinajstić information content (AvgIpc) is 2.77. The molecule has 2 aromatic rings.